The minimum Gasteiger partial charge on any atom is -0.338 e. The highest BCUT2D eigenvalue weighted by Crippen LogP contribution is 2.38. The van der Waals surface area contributed by atoms with Crippen LogP contribution in [0.15, 0.2) is 18.2 Å². The normalized spacial score (nSPS) is 11.0. The lowest BCUT2D eigenvalue weighted by Gasteiger charge is -2.21. The van der Waals surface area contributed by atoms with Crippen molar-refractivity contribution in [3.05, 3.63) is 33.9 Å². The van der Waals surface area contributed by atoms with E-state index in [0.29, 0.717) is 17.0 Å². The highest BCUT2D eigenvalue weighted by Gasteiger charge is 2.39. The predicted molar refractivity (Wildman–Crippen MR) is 74.9 cm³/mol. The van der Waals surface area contributed by atoms with Gasteiger partial charge in [0.1, 0.15) is 5.56 Å². The summed E-state index contributed by atoms with van der Waals surface area (Å²) in [6.07, 6.45) is -5.13. The summed E-state index contributed by atoms with van der Waals surface area (Å²) in [5, 5.41) is 13.0. The number of nitrogens with zero attached hydrogens (tertiary/aromatic N) is 2. The number of imide groups is 1. The molecule has 23 heavy (non-hydrogen) atoms. The Labute approximate surface area is 129 Å². The minimum absolute atomic E-state index is 0.129. The van der Waals surface area contributed by atoms with Crippen LogP contribution in [-0.4, -0.2) is 23.4 Å². The third kappa shape index (κ3) is 4.18. The zero-order chi connectivity index (χ0) is 17.8. The van der Waals surface area contributed by atoms with E-state index in [0.717, 1.165) is 6.07 Å². The zero-order valence-corrected chi connectivity index (χ0v) is 12.3. The fourth-order valence-electron chi connectivity index (χ4n) is 1.81. The molecule has 0 spiro atoms. The molecule has 0 unspecified atom stereocenters. The van der Waals surface area contributed by atoms with E-state index in [1.165, 1.54) is 6.92 Å². The van der Waals surface area contributed by atoms with Gasteiger partial charge >= 0.3 is 12.2 Å². The number of nitro benzene ring substituents is 1. The average Bonchev–Trinajstić information content (AvgIpc) is 2.46. The molecule has 0 aliphatic rings. The second kappa shape index (κ2) is 7.07. The van der Waals surface area contributed by atoms with Crippen LogP contribution in [0, 0.1) is 10.1 Å². The Morgan fingerprint density at radius 1 is 1.30 bits per heavy atom. The SMILES string of the molecule is CCNC(=O)N(C(=O)CC)c1ccc([N+](=O)[O-])c(C(F)(F)F)c1. The summed E-state index contributed by atoms with van der Waals surface area (Å²) in [5.41, 5.74) is -3.07. The van der Waals surface area contributed by atoms with E-state index >= 15 is 0 Å². The summed E-state index contributed by atoms with van der Waals surface area (Å²) in [5.74, 6) is -0.738. The number of carbonyl (C=O) groups excluding carboxylic acids is 2. The molecule has 0 saturated heterocycles. The maximum atomic E-state index is 13.0. The summed E-state index contributed by atoms with van der Waals surface area (Å²) in [6, 6.07) is 1.06. The van der Waals surface area contributed by atoms with Crippen molar-refractivity contribution >= 4 is 23.3 Å². The fourth-order valence-corrected chi connectivity index (χ4v) is 1.81. The van der Waals surface area contributed by atoms with Gasteiger partial charge in [-0.2, -0.15) is 13.2 Å². The van der Waals surface area contributed by atoms with Gasteiger partial charge in [0.05, 0.1) is 10.6 Å². The van der Waals surface area contributed by atoms with Gasteiger partial charge in [-0.15, -0.1) is 0 Å². The van der Waals surface area contributed by atoms with Gasteiger partial charge in [-0.05, 0) is 19.1 Å². The number of nitrogens with one attached hydrogen (secondary N) is 1. The number of benzene rings is 1. The number of hydrogen-bond donors (Lipinski definition) is 1. The number of halogens is 3. The maximum absolute atomic E-state index is 13.0. The molecule has 126 valence electrons. The Hall–Kier alpha value is -2.65. The van der Waals surface area contributed by atoms with Crippen LogP contribution in [0.2, 0.25) is 0 Å². The van der Waals surface area contributed by atoms with E-state index in [2.05, 4.69) is 5.32 Å². The van der Waals surface area contributed by atoms with Crippen LogP contribution in [0.4, 0.5) is 29.3 Å². The number of urea groups is 1. The van der Waals surface area contributed by atoms with Gasteiger partial charge < -0.3 is 5.32 Å². The van der Waals surface area contributed by atoms with E-state index in [1.54, 1.807) is 6.92 Å². The molecule has 0 fully saturated rings. The van der Waals surface area contributed by atoms with Crippen molar-refractivity contribution in [2.75, 3.05) is 11.4 Å². The molecule has 3 amide bonds. The fraction of sp³-hybridized carbons (Fsp3) is 0.385. The first kappa shape index (κ1) is 18.4. The van der Waals surface area contributed by atoms with Crippen LogP contribution >= 0.6 is 0 Å². The number of anilines is 1. The molecule has 7 nitrogen and oxygen atoms in total. The molecule has 1 N–H and O–H groups in total. The van der Waals surface area contributed by atoms with Gasteiger partial charge in [0.2, 0.25) is 5.91 Å². The molecule has 0 aliphatic carbocycles. The van der Waals surface area contributed by atoms with Gasteiger partial charge in [0, 0.05) is 19.0 Å². The Balaban J connectivity index is 3.47. The third-order valence-corrected chi connectivity index (χ3v) is 2.82. The van der Waals surface area contributed by atoms with Crippen molar-refractivity contribution in [3.8, 4) is 0 Å². The molecular formula is C13H14F3N3O4. The molecule has 0 aliphatic heterocycles. The molecule has 0 saturated carbocycles. The Morgan fingerprint density at radius 3 is 2.35 bits per heavy atom. The van der Waals surface area contributed by atoms with Gasteiger partial charge in [-0.25, -0.2) is 9.69 Å². The lowest BCUT2D eigenvalue weighted by Crippen LogP contribution is -2.43. The van der Waals surface area contributed by atoms with Crippen LogP contribution in [0.5, 0.6) is 0 Å². The molecule has 0 bridgehead atoms. The standard InChI is InChI=1S/C13H14F3N3O4/c1-3-11(20)18(12(21)17-4-2)8-5-6-10(19(22)23)9(7-8)13(14,15)16/h5-7H,3-4H2,1-2H3,(H,17,21). The van der Waals surface area contributed by atoms with E-state index in [1.807, 2.05) is 0 Å². The van der Waals surface area contributed by atoms with E-state index < -0.39 is 34.3 Å². The molecule has 10 heteroatoms. The number of hydrogen-bond acceptors (Lipinski definition) is 4. The number of rotatable bonds is 4. The summed E-state index contributed by atoms with van der Waals surface area (Å²) in [7, 11) is 0. The molecule has 0 atom stereocenters. The van der Waals surface area contributed by atoms with Crippen molar-refractivity contribution in [2.45, 2.75) is 26.4 Å². The molecule has 0 aromatic heterocycles. The number of amides is 3. The van der Waals surface area contributed by atoms with Gasteiger partial charge in [0.25, 0.3) is 5.69 Å². The first-order valence-corrected chi connectivity index (χ1v) is 6.59. The Morgan fingerprint density at radius 2 is 1.91 bits per heavy atom. The minimum atomic E-state index is -5.00. The first-order chi connectivity index (χ1) is 10.6. The van der Waals surface area contributed by atoms with Crippen LogP contribution in [-0.2, 0) is 11.0 Å². The van der Waals surface area contributed by atoms with E-state index in [4.69, 9.17) is 0 Å². The summed E-state index contributed by atoms with van der Waals surface area (Å²) in [4.78, 5) is 33.8. The summed E-state index contributed by atoms with van der Waals surface area (Å²) < 4.78 is 38.9. The van der Waals surface area contributed by atoms with Crippen LogP contribution in [0.1, 0.15) is 25.8 Å². The third-order valence-electron chi connectivity index (χ3n) is 2.82. The van der Waals surface area contributed by atoms with Crippen molar-refractivity contribution < 1.29 is 27.7 Å². The smallest absolute Gasteiger partial charge is 0.338 e. The van der Waals surface area contributed by atoms with Crippen molar-refractivity contribution in [3.63, 3.8) is 0 Å². The number of carbonyl (C=O) groups is 2. The lowest BCUT2D eigenvalue weighted by atomic mass is 10.1. The molecule has 0 radical (unpaired) electrons. The summed E-state index contributed by atoms with van der Waals surface area (Å²) >= 11 is 0. The summed E-state index contributed by atoms with van der Waals surface area (Å²) in [6.45, 7) is 3.17. The molecule has 1 rings (SSSR count). The highest BCUT2D eigenvalue weighted by molar-refractivity contribution is 6.14. The van der Waals surface area contributed by atoms with Gasteiger partial charge in [0.15, 0.2) is 0 Å². The number of alkyl halides is 3. The predicted octanol–water partition coefficient (Wildman–Crippen LogP) is 3.09. The highest BCUT2D eigenvalue weighted by atomic mass is 19.4. The quantitative estimate of drug-likeness (QED) is 0.677. The maximum Gasteiger partial charge on any atom is 0.423 e. The van der Waals surface area contributed by atoms with Crippen molar-refractivity contribution in [1.82, 2.24) is 5.32 Å². The van der Waals surface area contributed by atoms with Gasteiger partial charge in [-0.1, -0.05) is 6.92 Å². The Kier molecular flexibility index (Phi) is 5.66. The molecular weight excluding hydrogens is 319 g/mol. The van der Waals surface area contributed by atoms with Crippen molar-refractivity contribution in [2.24, 2.45) is 0 Å². The van der Waals surface area contributed by atoms with Gasteiger partial charge in [-0.3, -0.25) is 14.9 Å². The lowest BCUT2D eigenvalue weighted by molar-refractivity contribution is -0.388. The van der Waals surface area contributed by atoms with Crippen LogP contribution < -0.4 is 10.2 Å². The first-order valence-electron chi connectivity index (χ1n) is 6.59. The second-order valence-corrected chi connectivity index (χ2v) is 4.37. The topological polar surface area (TPSA) is 92.6 Å². The van der Waals surface area contributed by atoms with E-state index in [9.17, 15) is 32.9 Å². The average molecular weight is 333 g/mol. The van der Waals surface area contributed by atoms with Crippen LogP contribution in [0.25, 0.3) is 0 Å². The monoisotopic (exact) mass is 333 g/mol. The molecule has 1 aromatic carbocycles. The molecule has 0 heterocycles. The van der Waals surface area contributed by atoms with Crippen molar-refractivity contribution in [1.29, 1.82) is 0 Å². The van der Waals surface area contributed by atoms with Crippen LogP contribution in [0.3, 0.4) is 0 Å². The Bertz CT molecular complexity index is 631. The second-order valence-electron chi connectivity index (χ2n) is 4.37. The van der Waals surface area contributed by atoms with E-state index in [-0.39, 0.29) is 18.7 Å². The zero-order valence-electron chi connectivity index (χ0n) is 12.3. The largest absolute Gasteiger partial charge is 0.423 e. The molecule has 1 aromatic rings. The number of nitro groups is 1.